The number of ether oxygens (including phenoxy) is 2. The second-order valence-corrected chi connectivity index (χ2v) is 5.32. The van der Waals surface area contributed by atoms with Gasteiger partial charge in [-0.1, -0.05) is 18.2 Å². The first-order valence-electron chi connectivity index (χ1n) is 7.39. The molecule has 1 N–H and O–H groups in total. The Hall–Kier alpha value is -2.20. The molecule has 118 valence electrons. The van der Waals surface area contributed by atoms with E-state index in [1.165, 1.54) is 5.56 Å². The third-order valence-electron chi connectivity index (χ3n) is 3.76. The Morgan fingerprint density at radius 1 is 1.00 bits per heavy atom. The largest absolute Gasteiger partial charge is 0.497 e. The van der Waals surface area contributed by atoms with Crippen LogP contribution in [-0.2, 0) is 6.42 Å². The lowest BCUT2D eigenvalue weighted by molar-refractivity contribution is 0.304. The number of methoxy groups -OCH3 is 2. The van der Waals surface area contributed by atoms with E-state index in [1.807, 2.05) is 49.5 Å². The van der Waals surface area contributed by atoms with E-state index >= 15 is 0 Å². The Labute approximate surface area is 132 Å². The fourth-order valence-electron chi connectivity index (χ4n) is 2.31. The SMILES string of the molecule is COc1ccc(NN(C)C(C)Cc2ccccc2OC)cc1. The molecule has 1 atom stereocenters. The van der Waals surface area contributed by atoms with Gasteiger partial charge in [0.25, 0.3) is 0 Å². The molecule has 0 aliphatic heterocycles. The molecule has 4 nitrogen and oxygen atoms in total. The number of likely N-dealkylation sites (N-methyl/N-ethyl adjacent to an activating group) is 1. The van der Waals surface area contributed by atoms with Crippen LogP contribution in [0.1, 0.15) is 12.5 Å². The Bertz CT molecular complexity index is 584. The average Bonchev–Trinajstić information content (AvgIpc) is 2.56. The van der Waals surface area contributed by atoms with Crippen LogP contribution < -0.4 is 14.9 Å². The summed E-state index contributed by atoms with van der Waals surface area (Å²) in [5.41, 5.74) is 5.63. The minimum absolute atomic E-state index is 0.318. The van der Waals surface area contributed by atoms with Crippen molar-refractivity contribution < 1.29 is 9.47 Å². The molecule has 0 fully saturated rings. The van der Waals surface area contributed by atoms with E-state index in [2.05, 4.69) is 23.4 Å². The summed E-state index contributed by atoms with van der Waals surface area (Å²) in [6.07, 6.45) is 0.906. The second kappa shape index (κ2) is 7.71. The molecule has 0 aliphatic carbocycles. The van der Waals surface area contributed by atoms with Crippen molar-refractivity contribution in [2.75, 3.05) is 26.7 Å². The van der Waals surface area contributed by atoms with Crippen molar-refractivity contribution in [1.82, 2.24) is 5.01 Å². The third-order valence-corrected chi connectivity index (χ3v) is 3.76. The molecule has 0 amide bonds. The Morgan fingerprint density at radius 2 is 1.68 bits per heavy atom. The van der Waals surface area contributed by atoms with Crippen molar-refractivity contribution >= 4 is 5.69 Å². The molecule has 1 unspecified atom stereocenters. The van der Waals surface area contributed by atoms with Gasteiger partial charge in [-0.25, -0.2) is 5.01 Å². The van der Waals surface area contributed by atoms with Gasteiger partial charge in [-0.3, -0.25) is 0 Å². The monoisotopic (exact) mass is 300 g/mol. The normalized spacial score (nSPS) is 12.0. The Morgan fingerprint density at radius 3 is 2.32 bits per heavy atom. The number of nitrogens with one attached hydrogen (secondary N) is 1. The first-order chi connectivity index (χ1) is 10.6. The maximum absolute atomic E-state index is 5.42. The summed E-state index contributed by atoms with van der Waals surface area (Å²) in [5, 5.41) is 2.11. The summed E-state index contributed by atoms with van der Waals surface area (Å²) in [6.45, 7) is 2.18. The fourth-order valence-corrected chi connectivity index (χ4v) is 2.31. The zero-order chi connectivity index (χ0) is 15.9. The van der Waals surface area contributed by atoms with Crippen molar-refractivity contribution in [2.24, 2.45) is 0 Å². The minimum Gasteiger partial charge on any atom is -0.497 e. The average molecular weight is 300 g/mol. The van der Waals surface area contributed by atoms with Crippen molar-refractivity contribution in [3.8, 4) is 11.5 Å². The summed E-state index contributed by atoms with van der Waals surface area (Å²) in [7, 11) is 5.43. The van der Waals surface area contributed by atoms with Gasteiger partial charge < -0.3 is 14.9 Å². The van der Waals surface area contributed by atoms with Gasteiger partial charge in [0.2, 0.25) is 0 Å². The lowest BCUT2D eigenvalue weighted by Gasteiger charge is -2.27. The topological polar surface area (TPSA) is 33.7 Å². The Kier molecular flexibility index (Phi) is 5.67. The van der Waals surface area contributed by atoms with Gasteiger partial charge >= 0.3 is 0 Å². The van der Waals surface area contributed by atoms with Crippen LogP contribution >= 0.6 is 0 Å². The van der Waals surface area contributed by atoms with Crippen LogP contribution in [0.5, 0.6) is 11.5 Å². The molecule has 22 heavy (non-hydrogen) atoms. The molecular weight excluding hydrogens is 276 g/mol. The zero-order valence-corrected chi connectivity index (χ0v) is 13.7. The Balaban J connectivity index is 1.97. The summed E-state index contributed by atoms with van der Waals surface area (Å²) in [6, 6.07) is 16.4. The van der Waals surface area contributed by atoms with Gasteiger partial charge in [-0.2, -0.15) is 0 Å². The lowest BCUT2D eigenvalue weighted by Crippen LogP contribution is -2.35. The van der Waals surface area contributed by atoms with E-state index in [0.717, 1.165) is 23.6 Å². The lowest BCUT2D eigenvalue weighted by atomic mass is 10.1. The van der Waals surface area contributed by atoms with Crippen LogP contribution in [0.3, 0.4) is 0 Å². The molecular formula is C18H24N2O2. The quantitative estimate of drug-likeness (QED) is 0.792. The molecule has 2 aromatic carbocycles. The van der Waals surface area contributed by atoms with E-state index in [-0.39, 0.29) is 0 Å². The molecule has 4 heteroatoms. The second-order valence-electron chi connectivity index (χ2n) is 5.32. The zero-order valence-electron chi connectivity index (χ0n) is 13.7. The van der Waals surface area contributed by atoms with Crippen molar-refractivity contribution in [3.63, 3.8) is 0 Å². The summed E-state index contributed by atoms with van der Waals surface area (Å²) < 4.78 is 10.6. The highest BCUT2D eigenvalue weighted by Crippen LogP contribution is 2.21. The molecule has 0 aromatic heterocycles. The van der Waals surface area contributed by atoms with Crippen LogP contribution in [0, 0.1) is 0 Å². The van der Waals surface area contributed by atoms with Gasteiger partial charge in [0.15, 0.2) is 0 Å². The number of hydrogen-bond donors (Lipinski definition) is 1. The predicted octanol–water partition coefficient (Wildman–Crippen LogP) is 3.59. The molecule has 0 saturated carbocycles. The number of benzene rings is 2. The molecule has 2 rings (SSSR count). The first-order valence-corrected chi connectivity index (χ1v) is 7.39. The van der Waals surface area contributed by atoms with Gasteiger partial charge in [0.05, 0.1) is 14.2 Å². The smallest absolute Gasteiger partial charge is 0.122 e. The van der Waals surface area contributed by atoms with E-state index in [4.69, 9.17) is 9.47 Å². The van der Waals surface area contributed by atoms with Gasteiger partial charge in [0.1, 0.15) is 11.5 Å². The number of hydrogen-bond acceptors (Lipinski definition) is 4. The fraction of sp³-hybridized carbons (Fsp3) is 0.333. The van der Waals surface area contributed by atoms with Gasteiger partial charge in [0, 0.05) is 18.8 Å². The van der Waals surface area contributed by atoms with Crippen molar-refractivity contribution in [1.29, 1.82) is 0 Å². The van der Waals surface area contributed by atoms with Gasteiger partial charge in [-0.05, 0) is 49.2 Å². The number of nitrogens with zero attached hydrogens (tertiary/aromatic N) is 1. The summed E-state index contributed by atoms with van der Waals surface area (Å²) in [5.74, 6) is 1.79. The van der Waals surface area contributed by atoms with Crippen LogP contribution in [0.2, 0.25) is 0 Å². The maximum Gasteiger partial charge on any atom is 0.122 e. The van der Waals surface area contributed by atoms with Crippen LogP contribution in [0.25, 0.3) is 0 Å². The van der Waals surface area contributed by atoms with E-state index in [0.29, 0.717) is 6.04 Å². The van der Waals surface area contributed by atoms with Crippen LogP contribution in [0.15, 0.2) is 48.5 Å². The van der Waals surface area contributed by atoms with Gasteiger partial charge in [-0.15, -0.1) is 0 Å². The van der Waals surface area contributed by atoms with Crippen LogP contribution in [0.4, 0.5) is 5.69 Å². The molecule has 0 saturated heterocycles. The number of para-hydroxylation sites is 1. The summed E-state index contributed by atoms with van der Waals surface area (Å²) >= 11 is 0. The number of anilines is 1. The van der Waals surface area contributed by atoms with E-state index in [9.17, 15) is 0 Å². The molecule has 0 aliphatic rings. The maximum atomic E-state index is 5.42. The highest BCUT2D eigenvalue weighted by Gasteiger charge is 2.12. The van der Waals surface area contributed by atoms with E-state index in [1.54, 1.807) is 14.2 Å². The van der Waals surface area contributed by atoms with Crippen LogP contribution in [-0.4, -0.2) is 32.3 Å². The standard InChI is InChI=1S/C18H24N2O2/c1-14(13-15-7-5-6-8-18(15)22-4)20(2)19-16-9-11-17(21-3)12-10-16/h5-12,14,19H,13H2,1-4H3. The number of hydrazine groups is 1. The molecule has 0 bridgehead atoms. The predicted molar refractivity (Wildman–Crippen MR) is 90.5 cm³/mol. The number of rotatable bonds is 7. The first kappa shape index (κ1) is 16.2. The van der Waals surface area contributed by atoms with Crippen molar-refractivity contribution in [3.05, 3.63) is 54.1 Å². The third kappa shape index (κ3) is 4.15. The molecule has 0 radical (unpaired) electrons. The highest BCUT2D eigenvalue weighted by atomic mass is 16.5. The van der Waals surface area contributed by atoms with E-state index < -0.39 is 0 Å². The van der Waals surface area contributed by atoms with Crippen molar-refractivity contribution in [2.45, 2.75) is 19.4 Å². The summed E-state index contributed by atoms with van der Waals surface area (Å²) in [4.78, 5) is 0. The molecule has 2 aromatic rings. The molecule has 0 spiro atoms. The highest BCUT2D eigenvalue weighted by molar-refractivity contribution is 5.45. The minimum atomic E-state index is 0.318. The molecule has 0 heterocycles.